The van der Waals surface area contributed by atoms with E-state index in [9.17, 15) is 4.79 Å². The van der Waals surface area contributed by atoms with Crippen LogP contribution in [0.4, 0.5) is 11.6 Å². The summed E-state index contributed by atoms with van der Waals surface area (Å²) in [6.07, 6.45) is 7.89. The molecule has 0 spiro atoms. The summed E-state index contributed by atoms with van der Waals surface area (Å²) in [6, 6.07) is 8.10. The van der Waals surface area contributed by atoms with Crippen LogP contribution < -0.4 is 15.4 Å². The van der Waals surface area contributed by atoms with Gasteiger partial charge in [0.2, 0.25) is 5.95 Å². The van der Waals surface area contributed by atoms with Gasteiger partial charge in [0.25, 0.3) is 5.56 Å². The average molecular weight is 361 g/mol. The maximum absolute atomic E-state index is 12.5. The molecule has 2 bridgehead atoms. The molecule has 5 heterocycles. The van der Waals surface area contributed by atoms with E-state index in [1.807, 2.05) is 12.3 Å². The number of pyridine rings is 1. The molecule has 2 aliphatic heterocycles. The Bertz CT molecular complexity index is 1020. The average Bonchev–Trinajstić information content (AvgIpc) is 3.32. The molecule has 3 aromatic rings. The van der Waals surface area contributed by atoms with E-state index in [0.717, 1.165) is 25.2 Å². The first-order chi connectivity index (χ1) is 13.2. The van der Waals surface area contributed by atoms with Gasteiger partial charge in [-0.2, -0.15) is 0 Å². The van der Waals surface area contributed by atoms with Crippen LogP contribution in [0.15, 0.2) is 54.0 Å². The van der Waals surface area contributed by atoms with Crippen molar-refractivity contribution in [3.8, 4) is 11.4 Å². The van der Waals surface area contributed by atoms with Crippen LogP contribution in [0.5, 0.6) is 0 Å². The van der Waals surface area contributed by atoms with Crippen molar-refractivity contribution in [1.29, 1.82) is 0 Å². The summed E-state index contributed by atoms with van der Waals surface area (Å²) >= 11 is 0. The van der Waals surface area contributed by atoms with Crippen molar-refractivity contribution < 1.29 is 0 Å². The molecule has 27 heavy (non-hydrogen) atoms. The molecule has 136 valence electrons. The second kappa shape index (κ2) is 6.15. The summed E-state index contributed by atoms with van der Waals surface area (Å²) in [5, 5.41) is 0. The molecule has 0 radical (unpaired) electrons. The predicted molar refractivity (Wildman–Crippen MR) is 102 cm³/mol. The smallest absolute Gasteiger partial charge is 0.255 e. The third kappa shape index (κ3) is 2.64. The molecule has 0 aromatic carbocycles. The normalized spacial score (nSPS) is 21.1. The summed E-state index contributed by atoms with van der Waals surface area (Å²) in [4.78, 5) is 34.3. The quantitative estimate of drug-likeness (QED) is 0.691. The number of nitrogens with zero attached hydrogens (tertiary/aromatic N) is 7. The largest absolute Gasteiger partial charge is 0.363 e. The molecule has 2 unspecified atom stereocenters. The summed E-state index contributed by atoms with van der Waals surface area (Å²) in [5.41, 5.74) is 2.31. The van der Waals surface area contributed by atoms with Crippen LogP contribution in [-0.2, 0) is 7.05 Å². The Morgan fingerprint density at radius 3 is 2.59 bits per heavy atom. The Morgan fingerprint density at radius 1 is 1.04 bits per heavy atom. The summed E-state index contributed by atoms with van der Waals surface area (Å²) in [6.45, 7) is 1.75. The van der Waals surface area contributed by atoms with E-state index < -0.39 is 0 Å². The summed E-state index contributed by atoms with van der Waals surface area (Å²) < 4.78 is 1.62. The van der Waals surface area contributed by atoms with E-state index in [4.69, 9.17) is 4.98 Å². The minimum Gasteiger partial charge on any atom is -0.363 e. The molecular weight excluding hydrogens is 342 g/mol. The lowest BCUT2D eigenvalue weighted by atomic mass is 10.2. The van der Waals surface area contributed by atoms with Crippen molar-refractivity contribution in [2.24, 2.45) is 7.05 Å². The monoisotopic (exact) mass is 361 g/mol. The number of piperazine rings is 1. The van der Waals surface area contributed by atoms with Crippen LogP contribution >= 0.6 is 0 Å². The van der Waals surface area contributed by atoms with Gasteiger partial charge in [-0.1, -0.05) is 0 Å². The molecular formula is C19H19N7O. The van der Waals surface area contributed by atoms with Gasteiger partial charge >= 0.3 is 0 Å². The second-order valence-electron chi connectivity index (χ2n) is 6.99. The number of anilines is 2. The van der Waals surface area contributed by atoms with E-state index in [1.54, 1.807) is 30.1 Å². The topological polar surface area (TPSA) is 80.0 Å². The lowest BCUT2D eigenvalue weighted by Crippen LogP contribution is -2.48. The number of hydrogen-bond acceptors (Lipinski definition) is 7. The van der Waals surface area contributed by atoms with Crippen molar-refractivity contribution in [1.82, 2.24) is 24.5 Å². The minimum absolute atomic E-state index is 0.0829. The van der Waals surface area contributed by atoms with Gasteiger partial charge in [-0.05, 0) is 24.6 Å². The first kappa shape index (κ1) is 15.9. The molecule has 8 heteroatoms. The van der Waals surface area contributed by atoms with Crippen molar-refractivity contribution >= 4 is 11.6 Å². The van der Waals surface area contributed by atoms with Crippen LogP contribution in [0, 0.1) is 0 Å². The molecule has 8 nitrogen and oxygen atoms in total. The first-order valence-electron chi connectivity index (χ1n) is 8.98. The fraction of sp³-hybridized carbons (Fsp3) is 0.316. The zero-order valence-electron chi connectivity index (χ0n) is 14.9. The Hall–Kier alpha value is -3.29. The molecule has 2 fully saturated rings. The van der Waals surface area contributed by atoms with Crippen LogP contribution in [0.2, 0.25) is 0 Å². The van der Waals surface area contributed by atoms with Crippen molar-refractivity contribution in [2.45, 2.75) is 18.5 Å². The van der Waals surface area contributed by atoms with E-state index in [0.29, 0.717) is 29.4 Å². The van der Waals surface area contributed by atoms with Gasteiger partial charge in [0.05, 0.1) is 29.3 Å². The highest BCUT2D eigenvalue weighted by atomic mass is 16.1. The van der Waals surface area contributed by atoms with E-state index in [-0.39, 0.29) is 5.56 Å². The fourth-order valence-corrected chi connectivity index (χ4v) is 4.11. The number of rotatable bonds is 3. The van der Waals surface area contributed by atoms with Crippen molar-refractivity contribution in [3.63, 3.8) is 0 Å². The second-order valence-corrected chi connectivity index (χ2v) is 6.99. The predicted octanol–water partition coefficient (Wildman–Crippen LogP) is 1.10. The SMILES string of the molecule is Cn1c(N2CC3CC2CN3c2cccnc2)nc(-c2ccncn2)cc1=O. The van der Waals surface area contributed by atoms with Crippen LogP contribution in [0.1, 0.15) is 6.42 Å². The number of hydrogen-bond donors (Lipinski definition) is 0. The van der Waals surface area contributed by atoms with Crippen LogP contribution in [0.25, 0.3) is 11.4 Å². The highest BCUT2D eigenvalue weighted by Gasteiger charge is 2.44. The minimum atomic E-state index is -0.0829. The Labute approximate surface area is 156 Å². The zero-order chi connectivity index (χ0) is 18.4. The molecule has 2 aliphatic rings. The molecule has 0 aliphatic carbocycles. The number of fused-ring (bicyclic) bond motifs is 2. The lowest BCUT2D eigenvalue weighted by Gasteiger charge is -2.36. The molecule has 0 amide bonds. The van der Waals surface area contributed by atoms with Gasteiger partial charge in [0.15, 0.2) is 0 Å². The third-order valence-electron chi connectivity index (χ3n) is 5.43. The number of aromatic nitrogens is 5. The Morgan fingerprint density at radius 2 is 1.89 bits per heavy atom. The molecule has 5 rings (SSSR count). The van der Waals surface area contributed by atoms with Gasteiger partial charge in [0.1, 0.15) is 6.33 Å². The highest BCUT2D eigenvalue weighted by molar-refractivity contribution is 5.57. The standard InChI is InChI=1S/C19H19N7O/c1-24-18(27)8-17(16-4-6-21-12-22-16)23-19(24)26-11-14-7-15(26)10-25(14)13-3-2-5-20-9-13/h2-6,8-9,12,14-15H,7,10-11H2,1H3. The molecule has 2 atom stereocenters. The van der Waals surface area contributed by atoms with Gasteiger partial charge in [-0.25, -0.2) is 15.0 Å². The van der Waals surface area contributed by atoms with Crippen molar-refractivity contribution in [2.75, 3.05) is 22.9 Å². The highest BCUT2D eigenvalue weighted by Crippen LogP contribution is 2.36. The molecule has 2 saturated heterocycles. The first-order valence-corrected chi connectivity index (χ1v) is 8.98. The molecule has 3 aromatic heterocycles. The van der Waals surface area contributed by atoms with Gasteiger partial charge in [-0.15, -0.1) is 0 Å². The van der Waals surface area contributed by atoms with Crippen molar-refractivity contribution in [3.05, 3.63) is 59.5 Å². The van der Waals surface area contributed by atoms with E-state index in [1.165, 1.54) is 12.4 Å². The fourth-order valence-electron chi connectivity index (χ4n) is 4.11. The zero-order valence-corrected chi connectivity index (χ0v) is 14.9. The summed E-state index contributed by atoms with van der Waals surface area (Å²) in [7, 11) is 1.78. The van der Waals surface area contributed by atoms with E-state index in [2.05, 4.69) is 30.8 Å². The third-order valence-corrected chi connectivity index (χ3v) is 5.43. The van der Waals surface area contributed by atoms with Crippen LogP contribution in [-0.4, -0.2) is 49.7 Å². The van der Waals surface area contributed by atoms with Crippen LogP contribution in [0.3, 0.4) is 0 Å². The lowest BCUT2D eigenvalue weighted by molar-refractivity contribution is 0.614. The van der Waals surface area contributed by atoms with Gasteiger partial charge < -0.3 is 9.80 Å². The van der Waals surface area contributed by atoms with Gasteiger partial charge in [0, 0.05) is 44.6 Å². The summed E-state index contributed by atoms with van der Waals surface area (Å²) in [5.74, 6) is 0.703. The Kier molecular flexibility index (Phi) is 3.63. The Balaban J connectivity index is 1.47. The van der Waals surface area contributed by atoms with E-state index >= 15 is 0 Å². The maximum Gasteiger partial charge on any atom is 0.255 e. The molecule has 0 N–H and O–H groups in total. The van der Waals surface area contributed by atoms with Gasteiger partial charge in [-0.3, -0.25) is 14.3 Å². The maximum atomic E-state index is 12.5. The molecule has 0 saturated carbocycles.